The molecule has 132 valence electrons. The SMILES string of the molecule is CCCCN(C)CCNC(=NCc1ccccc1F)NCC.I. The molecule has 0 spiro atoms. The Labute approximate surface area is 157 Å². The van der Waals surface area contributed by atoms with Crippen LogP contribution < -0.4 is 10.6 Å². The van der Waals surface area contributed by atoms with Gasteiger partial charge in [0.1, 0.15) is 5.82 Å². The van der Waals surface area contributed by atoms with E-state index in [9.17, 15) is 4.39 Å². The van der Waals surface area contributed by atoms with E-state index in [-0.39, 0.29) is 29.8 Å². The number of likely N-dealkylation sites (N-methyl/N-ethyl adjacent to an activating group) is 1. The fourth-order valence-electron chi connectivity index (χ4n) is 2.04. The zero-order valence-corrected chi connectivity index (χ0v) is 16.8. The van der Waals surface area contributed by atoms with E-state index in [1.807, 2.05) is 13.0 Å². The Bertz CT molecular complexity index is 454. The van der Waals surface area contributed by atoms with Crippen LogP contribution >= 0.6 is 24.0 Å². The maximum atomic E-state index is 13.6. The highest BCUT2D eigenvalue weighted by molar-refractivity contribution is 14.0. The summed E-state index contributed by atoms with van der Waals surface area (Å²) >= 11 is 0. The standard InChI is InChI=1S/C17H29FN4.HI/c1-4-6-12-22(3)13-11-20-17(19-5-2)21-14-15-9-7-8-10-16(15)18;/h7-10H,4-6,11-14H2,1-3H3,(H2,19,20,21);1H. The Morgan fingerprint density at radius 3 is 2.57 bits per heavy atom. The van der Waals surface area contributed by atoms with Crippen molar-refractivity contribution in [1.82, 2.24) is 15.5 Å². The zero-order chi connectivity index (χ0) is 16.2. The Morgan fingerprint density at radius 1 is 1.17 bits per heavy atom. The molecule has 1 aromatic rings. The molecular weight excluding hydrogens is 406 g/mol. The van der Waals surface area contributed by atoms with Crippen LogP contribution in [0.25, 0.3) is 0 Å². The second kappa shape index (κ2) is 13.5. The molecule has 0 radical (unpaired) electrons. The van der Waals surface area contributed by atoms with Gasteiger partial charge in [-0.15, -0.1) is 24.0 Å². The number of guanidine groups is 1. The molecular formula is C17H30FIN4. The van der Waals surface area contributed by atoms with Crippen molar-refractivity contribution in [2.24, 2.45) is 4.99 Å². The van der Waals surface area contributed by atoms with Crippen LogP contribution in [-0.4, -0.2) is 44.1 Å². The minimum Gasteiger partial charge on any atom is -0.357 e. The van der Waals surface area contributed by atoms with Crippen LogP contribution in [0.3, 0.4) is 0 Å². The third-order valence-electron chi connectivity index (χ3n) is 3.39. The van der Waals surface area contributed by atoms with Crippen molar-refractivity contribution < 1.29 is 4.39 Å². The summed E-state index contributed by atoms with van der Waals surface area (Å²) in [4.78, 5) is 6.74. The fraction of sp³-hybridized carbons (Fsp3) is 0.588. The van der Waals surface area contributed by atoms with Gasteiger partial charge in [-0.1, -0.05) is 31.5 Å². The second-order valence-electron chi connectivity index (χ2n) is 5.37. The summed E-state index contributed by atoms with van der Waals surface area (Å²) in [6.07, 6.45) is 2.43. The van der Waals surface area contributed by atoms with E-state index in [1.165, 1.54) is 18.9 Å². The van der Waals surface area contributed by atoms with Gasteiger partial charge in [0.05, 0.1) is 6.54 Å². The monoisotopic (exact) mass is 436 g/mol. The molecule has 2 N–H and O–H groups in total. The minimum atomic E-state index is -0.207. The summed E-state index contributed by atoms with van der Waals surface area (Å²) < 4.78 is 13.6. The van der Waals surface area contributed by atoms with Crippen molar-refractivity contribution in [3.63, 3.8) is 0 Å². The van der Waals surface area contributed by atoms with Gasteiger partial charge in [-0.05, 0) is 33.0 Å². The molecule has 0 heterocycles. The molecule has 6 heteroatoms. The lowest BCUT2D eigenvalue weighted by atomic mass is 10.2. The first-order valence-electron chi connectivity index (χ1n) is 8.11. The van der Waals surface area contributed by atoms with E-state index < -0.39 is 0 Å². The number of unbranched alkanes of at least 4 members (excludes halogenated alkanes) is 1. The van der Waals surface area contributed by atoms with Gasteiger partial charge >= 0.3 is 0 Å². The average Bonchev–Trinajstić information content (AvgIpc) is 2.52. The zero-order valence-electron chi connectivity index (χ0n) is 14.4. The molecule has 1 rings (SSSR count). The first-order valence-corrected chi connectivity index (χ1v) is 8.11. The number of rotatable bonds is 9. The van der Waals surface area contributed by atoms with Crippen molar-refractivity contribution in [1.29, 1.82) is 0 Å². The number of nitrogens with zero attached hydrogens (tertiary/aromatic N) is 2. The molecule has 4 nitrogen and oxygen atoms in total. The Kier molecular flexibility index (Phi) is 13.0. The molecule has 0 aromatic heterocycles. The maximum absolute atomic E-state index is 13.6. The highest BCUT2D eigenvalue weighted by Gasteiger charge is 2.02. The third-order valence-corrected chi connectivity index (χ3v) is 3.39. The van der Waals surface area contributed by atoms with Crippen molar-refractivity contribution in [2.45, 2.75) is 33.2 Å². The summed E-state index contributed by atoms with van der Waals surface area (Å²) in [5.41, 5.74) is 0.611. The second-order valence-corrected chi connectivity index (χ2v) is 5.37. The molecule has 0 aliphatic rings. The molecule has 1 aromatic carbocycles. The first kappa shape index (κ1) is 22.1. The number of nitrogens with one attached hydrogen (secondary N) is 2. The molecule has 0 amide bonds. The third kappa shape index (κ3) is 9.76. The van der Waals surface area contributed by atoms with E-state index >= 15 is 0 Å². The van der Waals surface area contributed by atoms with Crippen LogP contribution in [0.5, 0.6) is 0 Å². The van der Waals surface area contributed by atoms with E-state index in [0.29, 0.717) is 12.1 Å². The lowest BCUT2D eigenvalue weighted by Gasteiger charge is -2.17. The van der Waals surface area contributed by atoms with Gasteiger partial charge in [-0.25, -0.2) is 9.38 Å². The Balaban J connectivity index is 0.00000484. The highest BCUT2D eigenvalue weighted by atomic mass is 127. The van der Waals surface area contributed by atoms with E-state index in [0.717, 1.165) is 32.1 Å². The Hall–Kier alpha value is -0.890. The van der Waals surface area contributed by atoms with Crippen molar-refractivity contribution in [2.75, 3.05) is 33.2 Å². The number of hydrogen-bond acceptors (Lipinski definition) is 2. The molecule has 0 fully saturated rings. The summed E-state index contributed by atoms with van der Waals surface area (Å²) in [5, 5.41) is 6.48. The van der Waals surface area contributed by atoms with Crippen molar-refractivity contribution in [3.8, 4) is 0 Å². The fourth-order valence-corrected chi connectivity index (χ4v) is 2.04. The molecule has 0 aliphatic carbocycles. The summed E-state index contributed by atoms with van der Waals surface area (Å²) in [6, 6.07) is 6.75. The van der Waals surface area contributed by atoms with Gasteiger partial charge in [-0.3, -0.25) is 0 Å². The Morgan fingerprint density at radius 2 is 1.91 bits per heavy atom. The van der Waals surface area contributed by atoms with Gasteiger partial charge in [0.25, 0.3) is 0 Å². The molecule has 0 atom stereocenters. The smallest absolute Gasteiger partial charge is 0.191 e. The molecule has 0 saturated heterocycles. The summed E-state index contributed by atoms with van der Waals surface area (Å²) in [5.74, 6) is 0.524. The van der Waals surface area contributed by atoms with Crippen molar-refractivity contribution >= 4 is 29.9 Å². The van der Waals surface area contributed by atoms with Crippen LogP contribution in [0.2, 0.25) is 0 Å². The first-order chi connectivity index (χ1) is 10.7. The van der Waals surface area contributed by atoms with Crippen LogP contribution in [0, 0.1) is 5.82 Å². The predicted molar refractivity (Wildman–Crippen MR) is 107 cm³/mol. The lowest BCUT2D eigenvalue weighted by Crippen LogP contribution is -2.41. The number of halogens is 2. The minimum absolute atomic E-state index is 0. The number of hydrogen-bond donors (Lipinski definition) is 2. The number of benzene rings is 1. The average molecular weight is 436 g/mol. The van der Waals surface area contributed by atoms with Gasteiger partial charge in [0.15, 0.2) is 5.96 Å². The molecule has 0 bridgehead atoms. The molecule has 0 saturated carbocycles. The van der Waals surface area contributed by atoms with E-state index in [4.69, 9.17) is 0 Å². The topological polar surface area (TPSA) is 39.7 Å². The lowest BCUT2D eigenvalue weighted by molar-refractivity contribution is 0.332. The van der Waals surface area contributed by atoms with Crippen LogP contribution in [0.1, 0.15) is 32.3 Å². The molecule has 23 heavy (non-hydrogen) atoms. The number of aliphatic imine (C=N–C) groups is 1. The maximum Gasteiger partial charge on any atom is 0.191 e. The quantitative estimate of drug-likeness (QED) is 0.355. The summed E-state index contributed by atoms with van der Waals surface area (Å²) in [6.45, 7) is 8.25. The predicted octanol–water partition coefficient (Wildman–Crippen LogP) is 3.23. The van der Waals surface area contributed by atoms with Gasteiger partial charge in [-0.2, -0.15) is 0 Å². The van der Waals surface area contributed by atoms with E-state index in [1.54, 1.807) is 12.1 Å². The molecule has 0 unspecified atom stereocenters. The largest absolute Gasteiger partial charge is 0.357 e. The highest BCUT2D eigenvalue weighted by Crippen LogP contribution is 2.07. The van der Waals surface area contributed by atoms with Crippen LogP contribution in [0.4, 0.5) is 4.39 Å². The molecule has 0 aliphatic heterocycles. The summed E-state index contributed by atoms with van der Waals surface area (Å²) in [7, 11) is 2.13. The van der Waals surface area contributed by atoms with Crippen LogP contribution in [-0.2, 0) is 6.54 Å². The van der Waals surface area contributed by atoms with Gasteiger partial charge < -0.3 is 15.5 Å². The van der Waals surface area contributed by atoms with Gasteiger partial charge in [0, 0.05) is 25.2 Å². The van der Waals surface area contributed by atoms with Gasteiger partial charge in [0.2, 0.25) is 0 Å². The van der Waals surface area contributed by atoms with E-state index in [2.05, 4.69) is 34.5 Å². The normalized spacial score (nSPS) is 11.3. The van der Waals surface area contributed by atoms with Crippen molar-refractivity contribution in [3.05, 3.63) is 35.6 Å². The van der Waals surface area contributed by atoms with Crippen LogP contribution in [0.15, 0.2) is 29.3 Å².